The number of nitrogens with zero attached hydrogens (tertiary/aromatic N) is 3. The number of benzene rings is 1. The van der Waals surface area contributed by atoms with Crippen molar-refractivity contribution in [2.24, 2.45) is 0 Å². The number of rotatable bonds is 3. The summed E-state index contributed by atoms with van der Waals surface area (Å²) >= 11 is 0. The highest BCUT2D eigenvalue weighted by atomic mass is 16.5. The smallest absolute Gasteiger partial charge is 0.302 e. The number of ether oxygens (including phenoxy) is 1. The second-order valence-electron chi connectivity index (χ2n) is 3.59. The second kappa shape index (κ2) is 4.66. The molecule has 0 saturated heterocycles. The molecule has 0 aliphatic heterocycles. The first kappa shape index (κ1) is 11.1. The zero-order chi connectivity index (χ0) is 12.3. The van der Waals surface area contributed by atoms with Gasteiger partial charge in [-0.25, -0.2) is 4.98 Å². The van der Waals surface area contributed by atoms with Gasteiger partial charge in [-0.1, -0.05) is 0 Å². The summed E-state index contributed by atoms with van der Waals surface area (Å²) in [4.78, 5) is 14.8. The molecule has 2 rings (SSSR count). The van der Waals surface area contributed by atoms with E-state index in [4.69, 9.17) is 10.00 Å². The Hall–Kier alpha value is -2.35. The zero-order valence-electron chi connectivity index (χ0n) is 9.38. The van der Waals surface area contributed by atoms with Crippen molar-refractivity contribution in [2.75, 3.05) is 6.61 Å². The molecule has 0 atom stereocenters. The van der Waals surface area contributed by atoms with Crippen LogP contribution >= 0.6 is 0 Å². The van der Waals surface area contributed by atoms with E-state index in [1.807, 2.05) is 10.6 Å². The van der Waals surface area contributed by atoms with Crippen molar-refractivity contribution in [3.63, 3.8) is 0 Å². The van der Waals surface area contributed by atoms with Crippen LogP contribution in [0.15, 0.2) is 24.5 Å². The fourth-order valence-electron chi connectivity index (χ4n) is 1.60. The van der Waals surface area contributed by atoms with Crippen LogP contribution in [0.4, 0.5) is 0 Å². The molecule has 5 nitrogen and oxygen atoms in total. The topological polar surface area (TPSA) is 67.9 Å². The Labute approximate surface area is 98.2 Å². The van der Waals surface area contributed by atoms with E-state index in [9.17, 15) is 4.79 Å². The first-order valence-electron chi connectivity index (χ1n) is 5.19. The molecule has 0 amide bonds. The fraction of sp³-hybridized carbons (Fsp3) is 0.250. The van der Waals surface area contributed by atoms with Gasteiger partial charge in [0.25, 0.3) is 0 Å². The summed E-state index contributed by atoms with van der Waals surface area (Å²) in [6, 6.07) is 7.39. The number of hydrogen-bond acceptors (Lipinski definition) is 4. The number of nitriles is 1. The number of hydrogen-bond donors (Lipinski definition) is 0. The predicted octanol–water partition coefficient (Wildman–Crippen LogP) is 1.47. The van der Waals surface area contributed by atoms with Crippen molar-refractivity contribution in [1.82, 2.24) is 9.55 Å². The van der Waals surface area contributed by atoms with E-state index in [1.165, 1.54) is 6.92 Å². The van der Waals surface area contributed by atoms with Crippen LogP contribution in [0.2, 0.25) is 0 Å². The molecule has 17 heavy (non-hydrogen) atoms. The highest BCUT2D eigenvalue weighted by molar-refractivity contribution is 5.76. The van der Waals surface area contributed by atoms with Crippen LogP contribution in [0.3, 0.4) is 0 Å². The largest absolute Gasteiger partial charge is 0.464 e. The molecule has 1 heterocycles. The maximum atomic E-state index is 10.6. The fourth-order valence-corrected chi connectivity index (χ4v) is 1.60. The molecule has 0 aliphatic carbocycles. The molecule has 0 aliphatic rings. The van der Waals surface area contributed by atoms with Gasteiger partial charge in [-0.15, -0.1) is 0 Å². The monoisotopic (exact) mass is 229 g/mol. The maximum absolute atomic E-state index is 10.6. The zero-order valence-corrected chi connectivity index (χ0v) is 9.38. The molecule has 1 aromatic heterocycles. The lowest BCUT2D eigenvalue weighted by atomic mass is 10.2. The Morgan fingerprint density at radius 3 is 3.12 bits per heavy atom. The minimum absolute atomic E-state index is 0.291. The third-order valence-electron chi connectivity index (χ3n) is 2.39. The summed E-state index contributed by atoms with van der Waals surface area (Å²) < 4.78 is 6.76. The first-order valence-corrected chi connectivity index (χ1v) is 5.19. The van der Waals surface area contributed by atoms with Crippen LogP contribution in [0.5, 0.6) is 0 Å². The lowest BCUT2D eigenvalue weighted by Crippen LogP contribution is -2.07. The number of esters is 1. The third-order valence-corrected chi connectivity index (χ3v) is 2.39. The van der Waals surface area contributed by atoms with Crippen molar-refractivity contribution in [3.05, 3.63) is 30.1 Å². The van der Waals surface area contributed by atoms with Gasteiger partial charge in [0.15, 0.2) is 0 Å². The average Bonchev–Trinajstić information content (AvgIpc) is 2.71. The van der Waals surface area contributed by atoms with Crippen molar-refractivity contribution in [3.8, 4) is 6.07 Å². The van der Waals surface area contributed by atoms with Crippen molar-refractivity contribution >= 4 is 17.0 Å². The Morgan fingerprint density at radius 1 is 1.59 bits per heavy atom. The van der Waals surface area contributed by atoms with Gasteiger partial charge in [-0.3, -0.25) is 4.79 Å². The van der Waals surface area contributed by atoms with E-state index in [2.05, 4.69) is 11.1 Å². The quantitative estimate of drug-likeness (QED) is 0.747. The molecule has 0 fully saturated rings. The number of aromatic nitrogens is 2. The van der Waals surface area contributed by atoms with Gasteiger partial charge >= 0.3 is 5.97 Å². The number of carbonyl (C=O) groups is 1. The summed E-state index contributed by atoms with van der Waals surface area (Å²) in [5.41, 5.74) is 2.28. The molecular formula is C12H11N3O2. The number of carbonyl (C=O) groups excluding carboxylic acids is 1. The third kappa shape index (κ3) is 2.42. The SMILES string of the molecule is CC(=O)OCCn1cnc2cc(C#N)ccc21. The van der Waals surface area contributed by atoms with Gasteiger partial charge < -0.3 is 9.30 Å². The van der Waals surface area contributed by atoms with E-state index < -0.39 is 0 Å². The summed E-state index contributed by atoms with van der Waals surface area (Å²) in [5, 5.41) is 8.76. The molecule has 86 valence electrons. The summed E-state index contributed by atoms with van der Waals surface area (Å²) in [5.74, 6) is -0.291. The van der Waals surface area contributed by atoms with Gasteiger partial charge in [-0.05, 0) is 18.2 Å². The van der Waals surface area contributed by atoms with Gasteiger partial charge in [-0.2, -0.15) is 5.26 Å². The first-order chi connectivity index (χ1) is 8.20. The van der Waals surface area contributed by atoms with Gasteiger partial charge in [0.05, 0.1) is 35.5 Å². The molecule has 0 unspecified atom stereocenters. The van der Waals surface area contributed by atoms with Crippen LogP contribution < -0.4 is 0 Å². The summed E-state index contributed by atoms with van der Waals surface area (Å²) in [6.45, 7) is 2.26. The molecule has 0 N–H and O–H groups in total. The Morgan fingerprint density at radius 2 is 2.41 bits per heavy atom. The highest BCUT2D eigenvalue weighted by Gasteiger charge is 2.03. The van der Waals surface area contributed by atoms with Gasteiger partial charge in [0.2, 0.25) is 0 Å². The van der Waals surface area contributed by atoms with Crippen LogP contribution in [-0.2, 0) is 16.1 Å². The minimum atomic E-state index is -0.291. The van der Waals surface area contributed by atoms with Crippen LogP contribution in [-0.4, -0.2) is 22.1 Å². The van der Waals surface area contributed by atoms with E-state index in [0.29, 0.717) is 18.7 Å². The van der Waals surface area contributed by atoms with E-state index in [-0.39, 0.29) is 5.97 Å². The average molecular weight is 229 g/mol. The van der Waals surface area contributed by atoms with Crippen molar-refractivity contribution < 1.29 is 9.53 Å². The normalized spacial score (nSPS) is 10.1. The molecule has 0 saturated carbocycles. The standard InChI is InChI=1S/C12H11N3O2/c1-9(16)17-5-4-15-8-14-11-6-10(7-13)2-3-12(11)15/h2-3,6,8H,4-5H2,1H3. The van der Waals surface area contributed by atoms with Crippen LogP contribution in [0, 0.1) is 11.3 Å². The summed E-state index contributed by atoms with van der Waals surface area (Å²) in [7, 11) is 0. The summed E-state index contributed by atoms with van der Waals surface area (Å²) in [6.07, 6.45) is 1.68. The van der Waals surface area contributed by atoms with Gasteiger partial charge in [0, 0.05) is 6.92 Å². The number of imidazole rings is 1. The van der Waals surface area contributed by atoms with Crippen LogP contribution in [0.1, 0.15) is 12.5 Å². The lowest BCUT2D eigenvalue weighted by Gasteiger charge is -2.04. The molecule has 0 bridgehead atoms. The molecular weight excluding hydrogens is 218 g/mol. The Balaban J connectivity index is 2.19. The van der Waals surface area contributed by atoms with E-state index in [1.54, 1.807) is 18.5 Å². The van der Waals surface area contributed by atoms with Gasteiger partial charge in [0.1, 0.15) is 6.61 Å². The molecule has 0 spiro atoms. The second-order valence-corrected chi connectivity index (χ2v) is 3.59. The van der Waals surface area contributed by atoms with E-state index in [0.717, 1.165) is 11.0 Å². The molecule has 5 heteroatoms. The Bertz CT molecular complexity index is 595. The van der Waals surface area contributed by atoms with E-state index >= 15 is 0 Å². The number of fused-ring (bicyclic) bond motifs is 1. The Kier molecular flexibility index (Phi) is 3.06. The minimum Gasteiger partial charge on any atom is -0.464 e. The predicted molar refractivity (Wildman–Crippen MR) is 61.1 cm³/mol. The molecule has 1 aromatic carbocycles. The molecule has 2 aromatic rings. The van der Waals surface area contributed by atoms with Crippen molar-refractivity contribution in [2.45, 2.75) is 13.5 Å². The lowest BCUT2D eigenvalue weighted by molar-refractivity contribution is -0.141. The maximum Gasteiger partial charge on any atom is 0.302 e. The van der Waals surface area contributed by atoms with Crippen LogP contribution in [0.25, 0.3) is 11.0 Å². The van der Waals surface area contributed by atoms with Crippen molar-refractivity contribution in [1.29, 1.82) is 5.26 Å². The molecule has 0 radical (unpaired) electrons. The highest BCUT2D eigenvalue weighted by Crippen LogP contribution is 2.14.